The number of pyridine rings is 1. The Labute approximate surface area is 192 Å². The SMILES string of the molecule is Cc1ncccc1CN1CCC(c2cc(F)cc3c2CN(C2CCC(=O)NC2=O)C3=O)CC1. The molecule has 33 heavy (non-hydrogen) atoms. The van der Waals surface area contributed by atoms with Crippen molar-refractivity contribution in [3.63, 3.8) is 0 Å². The van der Waals surface area contributed by atoms with Crippen molar-refractivity contribution in [2.24, 2.45) is 0 Å². The van der Waals surface area contributed by atoms with Gasteiger partial charge in [-0.2, -0.15) is 0 Å². The number of carbonyl (C=O) groups excluding carboxylic acids is 3. The van der Waals surface area contributed by atoms with Crippen LogP contribution in [-0.4, -0.2) is 51.6 Å². The van der Waals surface area contributed by atoms with Gasteiger partial charge in [-0.25, -0.2) is 4.39 Å². The van der Waals surface area contributed by atoms with E-state index in [1.165, 1.54) is 16.5 Å². The molecule has 1 aromatic carbocycles. The molecule has 2 aromatic rings. The second-order valence-electron chi connectivity index (χ2n) is 9.22. The molecule has 0 radical (unpaired) electrons. The lowest BCUT2D eigenvalue weighted by Gasteiger charge is -2.33. The van der Waals surface area contributed by atoms with E-state index in [9.17, 15) is 18.8 Å². The van der Waals surface area contributed by atoms with Crippen molar-refractivity contribution in [3.8, 4) is 0 Å². The Morgan fingerprint density at radius 1 is 1.15 bits per heavy atom. The van der Waals surface area contributed by atoms with Gasteiger partial charge in [-0.05, 0) is 80.1 Å². The molecule has 4 heterocycles. The van der Waals surface area contributed by atoms with E-state index in [1.54, 1.807) is 12.3 Å². The molecular formula is C25H27FN4O3. The summed E-state index contributed by atoms with van der Waals surface area (Å²) in [6.45, 7) is 4.91. The van der Waals surface area contributed by atoms with Crippen LogP contribution in [0.25, 0.3) is 0 Å². The number of fused-ring (bicyclic) bond motifs is 1. The van der Waals surface area contributed by atoms with Gasteiger partial charge in [0, 0.05) is 37.0 Å². The molecule has 0 spiro atoms. The molecule has 3 amide bonds. The average Bonchev–Trinajstić information content (AvgIpc) is 3.11. The van der Waals surface area contributed by atoms with Crippen molar-refractivity contribution < 1.29 is 18.8 Å². The van der Waals surface area contributed by atoms with Crippen LogP contribution in [0.3, 0.4) is 0 Å². The zero-order chi connectivity index (χ0) is 23.1. The number of rotatable bonds is 4. The van der Waals surface area contributed by atoms with Gasteiger partial charge in [-0.1, -0.05) is 6.07 Å². The van der Waals surface area contributed by atoms with Crippen molar-refractivity contribution in [2.45, 2.75) is 57.7 Å². The van der Waals surface area contributed by atoms with Crippen LogP contribution < -0.4 is 5.32 Å². The summed E-state index contributed by atoms with van der Waals surface area (Å²) in [5, 5.41) is 2.32. The lowest BCUT2D eigenvalue weighted by atomic mass is 9.85. The average molecular weight is 451 g/mol. The van der Waals surface area contributed by atoms with Crippen molar-refractivity contribution >= 4 is 17.7 Å². The maximum Gasteiger partial charge on any atom is 0.255 e. The van der Waals surface area contributed by atoms with Crippen LogP contribution in [0.2, 0.25) is 0 Å². The van der Waals surface area contributed by atoms with E-state index < -0.39 is 17.8 Å². The van der Waals surface area contributed by atoms with Gasteiger partial charge in [-0.3, -0.25) is 29.6 Å². The molecule has 1 atom stereocenters. The van der Waals surface area contributed by atoms with Gasteiger partial charge >= 0.3 is 0 Å². The third-order valence-corrected chi connectivity index (χ3v) is 7.19. The second kappa shape index (κ2) is 8.67. The van der Waals surface area contributed by atoms with Crippen LogP contribution in [-0.2, 0) is 22.7 Å². The molecule has 7 nitrogen and oxygen atoms in total. The summed E-state index contributed by atoms with van der Waals surface area (Å²) in [6.07, 6.45) is 4.06. The Morgan fingerprint density at radius 2 is 1.94 bits per heavy atom. The molecule has 2 fully saturated rings. The minimum Gasteiger partial charge on any atom is -0.322 e. The highest BCUT2D eigenvalue weighted by Gasteiger charge is 2.41. The van der Waals surface area contributed by atoms with Gasteiger partial charge in [-0.15, -0.1) is 0 Å². The number of likely N-dealkylation sites (tertiary alicyclic amines) is 1. The van der Waals surface area contributed by atoms with Crippen LogP contribution in [0.4, 0.5) is 4.39 Å². The van der Waals surface area contributed by atoms with E-state index in [0.717, 1.165) is 49.3 Å². The summed E-state index contributed by atoms with van der Waals surface area (Å²) < 4.78 is 14.5. The normalized spacial score (nSPS) is 21.9. The Balaban J connectivity index is 1.32. The number of aromatic nitrogens is 1. The number of imide groups is 1. The molecule has 8 heteroatoms. The molecular weight excluding hydrogens is 423 g/mol. The standard InChI is InChI=1S/C25H27FN4O3/c1-15-17(3-2-8-27-15)13-29-9-6-16(7-10-29)19-11-18(26)12-20-21(19)14-30(25(20)33)22-4-5-23(31)28-24(22)32/h2-3,8,11-12,16,22H,4-7,9-10,13-14H2,1H3,(H,28,31,32). The molecule has 0 bridgehead atoms. The minimum atomic E-state index is -0.692. The molecule has 0 aliphatic carbocycles. The van der Waals surface area contributed by atoms with Gasteiger partial charge in [0.1, 0.15) is 11.9 Å². The lowest BCUT2D eigenvalue weighted by molar-refractivity contribution is -0.136. The highest BCUT2D eigenvalue weighted by atomic mass is 19.1. The number of benzene rings is 1. The first-order chi connectivity index (χ1) is 15.9. The van der Waals surface area contributed by atoms with Crippen LogP contribution >= 0.6 is 0 Å². The first-order valence-corrected chi connectivity index (χ1v) is 11.5. The van der Waals surface area contributed by atoms with Gasteiger partial charge in [0.2, 0.25) is 11.8 Å². The van der Waals surface area contributed by atoms with Crippen molar-refractivity contribution in [2.75, 3.05) is 13.1 Å². The smallest absolute Gasteiger partial charge is 0.255 e. The summed E-state index contributed by atoms with van der Waals surface area (Å²) in [4.78, 5) is 45.2. The molecule has 0 saturated carbocycles. The van der Waals surface area contributed by atoms with E-state index in [2.05, 4.69) is 21.3 Å². The van der Waals surface area contributed by atoms with E-state index in [-0.39, 0.29) is 30.7 Å². The molecule has 172 valence electrons. The molecule has 2 saturated heterocycles. The van der Waals surface area contributed by atoms with Crippen LogP contribution in [0.5, 0.6) is 0 Å². The highest BCUT2D eigenvalue weighted by molar-refractivity contribution is 6.05. The van der Waals surface area contributed by atoms with E-state index in [0.29, 0.717) is 12.0 Å². The number of nitrogens with zero attached hydrogens (tertiary/aromatic N) is 3. The zero-order valence-corrected chi connectivity index (χ0v) is 18.6. The number of hydrogen-bond acceptors (Lipinski definition) is 5. The third-order valence-electron chi connectivity index (χ3n) is 7.19. The summed E-state index contributed by atoms with van der Waals surface area (Å²) in [5.41, 5.74) is 4.31. The number of aryl methyl sites for hydroxylation is 1. The van der Waals surface area contributed by atoms with E-state index >= 15 is 0 Å². The molecule has 5 rings (SSSR count). The third kappa shape index (κ3) is 4.15. The first-order valence-electron chi connectivity index (χ1n) is 11.5. The molecule has 3 aliphatic heterocycles. The molecule has 3 aliphatic rings. The number of nitrogens with one attached hydrogen (secondary N) is 1. The summed E-state index contributed by atoms with van der Waals surface area (Å²) in [7, 11) is 0. The fourth-order valence-electron chi connectivity index (χ4n) is 5.35. The topological polar surface area (TPSA) is 82.6 Å². The van der Waals surface area contributed by atoms with Crippen LogP contribution in [0.15, 0.2) is 30.5 Å². The largest absolute Gasteiger partial charge is 0.322 e. The summed E-state index contributed by atoms with van der Waals surface area (Å²) in [5.74, 6) is -1.36. The Kier molecular flexibility index (Phi) is 5.70. The molecule has 1 aromatic heterocycles. The molecule has 1 unspecified atom stereocenters. The van der Waals surface area contributed by atoms with Crippen molar-refractivity contribution in [1.82, 2.24) is 20.1 Å². The fourth-order valence-corrected chi connectivity index (χ4v) is 5.35. The molecule has 1 N–H and O–H groups in total. The number of amides is 3. The summed E-state index contributed by atoms with van der Waals surface area (Å²) in [6, 6.07) is 6.21. The van der Waals surface area contributed by atoms with Crippen LogP contribution in [0, 0.1) is 12.7 Å². The predicted octanol–water partition coefficient (Wildman–Crippen LogP) is 2.67. The number of halogens is 1. The van der Waals surface area contributed by atoms with E-state index in [4.69, 9.17) is 0 Å². The van der Waals surface area contributed by atoms with Gasteiger partial charge in [0.25, 0.3) is 5.91 Å². The van der Waals surface area contributed by atoms with E-state index in [1.807, 2.05) is 13.0 Å². The maximum atomic E-state index is 14.5. The number of carbonyl (C=O) groups is 3. The Morgan fingerprint density at radius 3 is 2.67 bits per heavy atom. The predicted molar refractivity (Wildman–Crippen MR) is 119 cm³/mol. The Hall–Kier alpha value is -3.13. The second-order valence-corrected chi connectivity index (χ2v) is 9.22. The number of piperidine rings is 2. The van der Waals surface area contributed by atoms with Crippen LogP contribution in [0.1, 0.15) is 64.3 Å². The van der Waals surface area contributed by atoms with Crippen molar-refractivity contribution in [1.29, 1.82) is 0 Å². The lowest BCUT2D eigenvalue weighted by Crippen LogP contribution is -2.52. The summed E-state index contributed by atoms with van der Waals surface area (Å²) >= 11 is 0. The fraction of sp³-hybridized carbons (Fsp3) is 0.440. The maximum absolute atomic E-state index is 14.5. The number of hydrogen-bond donors (Lipinski definition) is 1. The van der Waals surface area contributed by atoms with Crippen molar-refractivity contribution in [3.05, 3.63) is 64.2 Å². The highest BCUT2D eigenvalue weighted by Crippen LogP contribution is 2.38. The quantitative estimate of drug-likeness (QED) is 0.725. The zero-order valence-electron chi connectivity index (χ0n) is 18.6. The first kappa shape index (κ1) is 21.7. The van der Waals surface area contributed by atoms with Gasteiger partial charge in [0.05, 0.1) is 0 Å². The van der Waals surface area contributed by atoms with Gasteiger partial charge in [0.15, 0.2) is 0 Å². The van der Waals surface area contributed by atoms with Gasteiger partial charge < -0.3 is 4.90 Å². The monoisotopic (exact) mass is 450 g/mol. The minimum absolute atomic E-state index is 0.162. The Bertz CT molecular complexity index is 1130.